The minimum atomic E-state index is -0.879. The summed E-state index contributed by atoms with van der Waals surface area (Å²) in [6.45, 7) is 0.357. The number of carbonyl (C=O) groups is 2. The number of carbonyl (C=O) groups excluding carboxylic acids is 2. The van der Waals surface area contributed by atoms with Crippen molar-refractivity contribution in [2.24, 2.45) is 0 Å². The van der Waals surface area contributed by atoms with E-state index in [0.717, 1.165) is 5.56 Å². The zero-order chi connectivity index (χ0) is 19.8. The Morgan fingerprint density at radius 1 is 0.857 bits per heavy atom. The normalized spacial score (nSPS) is 11.1. The van der Waals surface area contributed by atoms with Crippen molar-refractivity contribution in [1.82, 2.24) is 5.32 Å². The van der Waals surface area contributed by atoms with Gasteiger partial charge in [-0.2, -0.15) is 0 Å². The van der Waals surface area contributed by atoms with Gasteiger partial charge in [0.1, 0.15) is 6.04 Å². The molecule has 0 heterocycles. The van der Waals surface area contributed by atoms with Crippen LogP contribution in [-0.2, 0) is 16.1 Å². The highest BCUT2D eigenvalue weighted by molar-refractivity contribution is 6.09. The predicted molar refractivity (Wildman–Crippen MR) is 110 cm³/mol. The zero-order valence-corrected chi connectivity index (χ0v) is 15.3. The number of hydrogen-bond acceptors (Lipinski definition) is 2. The molecule has 0 aliphatic heterocycles. The van der Waals surface area contributed by atoms with Crippen LogP contribution in [0.2, 0.25) is 0 Å². The lowest BCUT2D eigenvalue weighted by Gasteiger charge is -2.30. The third-order valence-corrected chi connectivity index (χ3v) is 4.31. The summed E-state index contributed by atoms with van der Waals surface area (Å²) < 4.78 is 0. The van der Waals surface area contributed by atoms with Crippen molar-refractivity contribution in [1.29, 1.82) is 0 Å². The number of rotatable bonds is 6. The molecule has 2 amide bonds. The van der Waals surface area contributed by atoms with E-state index >= 15 is 0 Å². The predicted octanol–water partition coefficient (Wildman–Crippen LogP) is 3.71. The first-order valence-corrected chi connectivity index (χ1v) is 8.92. The summed E-state index contributed by atoms with van der Waals surface area (Å²) in [5.74, 6) is 1.27. The van der Waals surface area contributed by atoms with Crippen molar-refractivity contribution in [2.45, 2.75) is 12.6 Å². The van der Waals surface area contributed by atoms with Gasteiger partial charge in [0.2, 0.25) is 5.91 Å². The van der Waals surface area contributed by atoms with Gasteiger partial charge in [0, 0.05) is 12.2 Å². The Balaban J connectivity index is 1.97. The molecule has 4 nitrogen and oxygen atoms in total. The van der Waals surface area contributed by atoms with Crippen molar-refractivity contribution in [3.63, 3.8) is 0 Å². The Hall–Kier alpha value is -3.84. The molecule has 0 fully saturated rings. The highest BCUT2D eigenvalue weighted by Gasteiger charge is 2.31. The van der Waals surface area contributed by atoms with Crippen LogP contribution in [0.15, 0.2) is 91.0 Å². The second kappa shape index (κ2) is 9.20. The van der Waals surface area contributed by atoms with Crippen molar-refractivity contribution in [3.8, 4) is 12.3 Å². The Morgan fingerprint density at radius 3 is 1.96 bits per heavy atom. The van der Waals surface area contributed by atoms with E-state index in [1.165, 1.54) is 4.90 Å². The van der Waals surface area contributed by atoms with Crippen LogP contribution in [0.1, 0.15) is 17.2 Å². The topological polar surface area (TPSA) is 49.4 Å². The van der Waals surface area contributed by atoms with Crippen LogP contribution in [0.25, 0.3) is 0 Å². The molecule has 3 aromatic carbocycles. The zero-order valence-electron chi connectivity index (χ0n) is 15.3. The van der Waals surface area contributed by atoms with E-state index in [0.29, 0.717) is 17.8 Å². The molecule has 0 aliphatic carbocycles. The molecule has 0 aromatic heterocycles. The van der Waals surface area contributed by atoms with Gasteiger partial charge in [-0.15, -0.1) is 6.42 Å². The molecular weight excluding hydrogens is 348 g/mol. The van der Waals surface area contributed by atoms with Gasteiger partial charge in [-0.3, -0.25) is 14.5 Å². The molecule has 138 valence electrons. The van der Waals surface area contributed by atoms with Crippen molar-refractivity contribution >= 4 is 17.5 Å². The van der Waals surface area contributed by atoms with Crippen LogP contribution >= 0.6 is 0 Å². The molecule has 28 heavy (non-hydrogen) atoms. The maximum Gasteiger partial charge on any atom is 0.303 e. The summed E-state index contributed by atoms with van der Waals surface area (Å²) in [4.78, 5) is 27.2. The van der Waals surface area contributed by atoms with Crippen LogP contribution in [0.3, 0.4) is 0 Å². The van der Waals surface area contributed by atoms with E-state index < -0.39 is 11.9 Å². The van der Waals surface area contributed by atoms with Crippen molar-refractivity contribution in [2.75, 3.05) is 4.90 Å². The molecule has 1 atom stereocenters. The van der Waals surface area contributed by atoms with Gasteiger partial charge in [0.15, 0.2) is 0 Å². The quantitative estimate of drug-likeness (QED) is 0.675. The van der Waals surface area contributed by atoms with Crippen LogP contribution in [0.5, 0.6) is 0 Å². The Morgan fingerprint density at radius 2 is 1.39 bits per heavy atom. The molecule has 4 heteroatoms. The smallest absolute Gasteiger partial charge is 0.303 e. The first-order valence-electron chi connectivity index (χ1n) is 8.92. The first kappa shape index (κ1) is 18.9. The van der Waals surface area contributed by atoms with Crippen LogP contribution in [0, 0.1) is 12.3 Å². The Labute approximate surface area is 164 Å². The lowest BCUT2D eigenvalue weighted by atomic mass is 10.0. The Bertz CT molecular complexity index is 964. The van der Waals surface area contributed by atoms with E-state index in [4.69, 9.17) is 6.42 Å². The fourth-order valence-electron chi connectivity index (χ4n) is 2.98. The molecule has 1 unspecified atom stereocenters. The summed E-state index contributed by atoms with van der Waals surface area (Å²) in [5.41, 5.74) is 2.21. The van der Waals surface area contributed by atoms with Crippen LogP contribution in [-0.4, -0.2) is 11.8 Å². The lowest BCUT2D eigenvalue weighted by Crippen LogP contribution is -2.43. The SMILES string of the molecule is C#CC(=O)N(c1ccccc1)C(C(=O)NCc1ccccc1)c1ccccc1. The second-order valence-corrected chi connectivity index (χ2v) is 6.17. The average Bonchev–Trinajstić information content (AvgIpc) is 2.77. The molecule has 1 N–H and O–H groups in total. The third kappa shape index (κ3) is 4.46. The number of anilines is 1. The van der Waals surface area contributed by atoms with E-state index in [2.05, 4.69) is 11.2 Å². The molecule has 0 saturated carbocycles. The number of terminal acetylenes is 1. The lowest BCUT2D eigenvalue weighted by molar-refractivity contribution is -0.125. The maximum absolute atomic E-state index is 13.2. The standard InChI is InChI=1S/C24H20N2O2/c1-2-22(27)26(21-16-10-5-11-17-21)23(20-14-8-4-9-15-20)24(28)25-18-19-12-6-3-7-13-19/h1,3-17,23H,18H2,(H,25,28). The first-order chi connectivity index (χ1) is 13.7. The molecule has 0 saturated heterocycles. The van der Waals surface area contributed by atoms with E-state index in [1.54, 1.807) is 24.3 Å². The number of benzene rings is 3. The maximum atomic E-state index is 13.2. The van der Waals surface area contributed by atoms with E-state index in [9.17, 15) is 9.59 Å². The molecule has 3 aromatic rings. The molecule has 3 rings (SSSR count). The summed E-state index contributed by atoms with van der Waals surface area (Å²) >= 11 is 0. The Kier molecular flexibility index (Phi) is 6.22. The van der Waals surface area contributed by atoms with Gasteiger partial charge in [0.25, 0.3) is 0 Å². The van der Waals surface area contributed by atoms with Gasteiger partial charge >= 0.3 is 5.91 Å². The fraction of sp³-hybridized carbons (Fsp3) is 0.0833. The average molecular weight is 368 g/mol. The van der Waals surface area contributed by atoms with Crippen LogP contribution < -0.4 is 10.2 Å². The minimum absolute atomic E-state index is 0.303. The summed E-state index contributed by atoms with van der Waals surface area (Å²) in [6, 6.07) is 26.8. The highest BCUT2D eigenvalue weighted by atomic mass is 16.2. The summed E-state index contributed by atoms with van der Waals surface area (Å²) in [6.07, 6.45) is 5.42. The highest BCUT2D eigenvalue weighted by Crippen LogP contribution is 2.28. The molecule has 0 radical (unpaired) electrons. The number of para-hydroxylation sites is 1. The summed E-state index contributed by atoms with van der Waals surface area (Å²) in [7, 11) is 0. The number of nitrogens with zero attached hydrogens (tertiary/aromatic N) is 1. The number of hydrogen-bond donors (Lipinski definition) is 1. The monoisotopic (exact) mass is 368 g/mol. The minimum Gasteiger partial charge on any atom is -0.350 e. The second-order valence-electron chi connectivity index (χ2n) is 6.17. The molecule has 0 aliphatic rings. The van der Waals surface area contributed by atoms with E-state index in [-0.39, 0.29) is 5.91 Å². The van der Waals surface area contributed by atoms with Gasteiger partial charge in [-0.1, -0.05) is 78.9 Å². The molecular formula is C24H20N2O2. The van der Waals surface area contributed by atoms with Crippen LogP contribution in [0.4, 0.5) is 5.69 Å². The van der Waals surface area contributed by atoms with Gasteiger partial charge in [-0.25, -0.2) is 0 Å². The van der Waals surface area contributed by atoms with Gasteiger partial charge in [-0.05, 0) is 29.2 Å². The van der Waals surface area contributed by atoms with Crippen molar-refractivity contribution < 1.29 is 9.59 Å². The van der Waals surface area contributed by atoms with Crippen molar-refractivity contribution in [3.05, 3.63) is 102 Å². The molecule has 0 bridgehead atoms. The largest absolute Gasteiger partial charge is 0.350 e. The van der Waals surface area contributed by atoms with Gasteiger partial charge in [0.05, 0.1) is 0 Å². The summed E-state index contributed by atoms with van der Waals surface area (Å²) in [5, 5.41) is 2.93. The third-order valence-electron chi connectivity index (χ3n) is 4.31. The number of amides is 2. The number of nitrogens with one attached hydrogen (secondary N) is 1. The van der Waals surface area contributed by atoms with Gasteiger partial charge < -0.3 is 5.32 Å². The van der Waals surface area contributed by atoms with E-state index in [1.807, 2.05) is 66.7 Å². The molecule has 0 spiro atoms. The fourth-order valence-corrected chi connectivity index (χ4v) is 2.98.